The molecule has 6 heteroatoms. The van der Waals surface area contributed by atoms with E-state index in [4.69, 9.17) is 0 Å². The van der Waals surface area contributed by atoms with Crippen molar-refractivity contribution >= 4 is 10.0 Å². The average molecular weight is 297 g/mol. The Bertz CT molecular complexity index is 524. The third kappa shape index (κ3) is 3.37. The van der Waals surface area contributed by atoms with Gasteiger partial charge in [0.1, 0.15) is 0 Å². The van der Waals surface area contributed by atoms with E-state index in [1.54, 1.807) is 19.3 Å². The van der Waals surface area contributed by atoms with E-state index in [-0.39, 0.29) is 11.1 Å². The molecule has 2 rings (SSSR count). The molecule has 1 fully saturated rings. The highest BCUT2D eigenvalue weighted by molar-refractivity contribution is 7.89. The second-order valence-electron chi connectivity index (χ2n) is 5.29. The fourth-order valence-corrected chi connectivity index (χ4v) is 3.50. The van der Waals surface area contributed by atoms with Gasteiger partial charge in [-0.25, -0.2) is 13.4 Å². The molecule has 0 aromatic carbocycles. The SMILES string of the molecule is CCCNCc1ccc(S(=O)(=O)N(C)C2CCC2)nc1. The fraction of sp³-hybridized carbons (Fsp3) is 0.643. The molecule has 0 radical (unpaired) electrons. The van der Waals surface area contributed by atoms with Crippen LogP contribution in [0.5, 0.6) is 0 Å². The Hall–Kier alpha value is -0.980. The molecule has 1 aliphatic rings. The lowest BCUT2D eigenvalue weighted by Gasteiger charge is -2.33. The summed E-state index contributed by atoms with van der Waals surface area (Å²) in [7, 11) is -1.79. The monoisotopic (exact) mass is 297 g/mol. The Balaban J connectivity index is 2.04. The molecule has 20 heavy (non-hydrogen) atoms. The number of nitrogens with one attached hydrogen (secondary N) is 1. The Morgan fingerprint density at radius 3 is 2.65 bits per heavy atom. The van der Waals surface area contributed by atoms with Crippen LogP contribution in [0.15, 0.2) is 23.4 Å². The van der Waals surface area contributed by atoms with Crippen molar-refractivity contribution in [1.29, 1.82) is 0 Å². The van der Waals surface area contributed by atoms with E-state index >= 15 is 0 Å². The highest BCUT2D eigenvalue weighted by Crippen LogP contribution is 2.27. The largest absolute Gasteiger partial charge is 0.313 e. The molecule has 0 saturated heterocycles. The summed E-state index contributed by atoms with van der Waals surface area (Å²) < 4.78 is 26.2. The topological polar surface area (TPSA) is 62.3 Å². The van der Waals surface area contributed by atoms with Crippen molar-refractivity contribution in [2.24, 2.45) is 0 Å². The Morgan fingerprint density at radius 1 is 1.40 bits per heavy atom. The molecule has 1 N–H and O–H groups in total. The lowest BCUT2D eigenvalue weighted by Crippen LogP contribution is -2.41. The summed E-state index contributed by atoms with van der Waals surface area (Å²) in [6, 6.07) is 3.58. The van der Waals surface area contributed by atoms with Gasteiger partial charge in [0.05, 0.1) is 0 Å². The van der Waals surface area contributed by atoms with Crippen LogP contribution in [0.2, 0.25) is 0 Å². The van der Waals surface area contributed by atoms with E-state index < -0.39 is 10.0 Å². The first-order valence-electron chi connectivity index (χ1n) is 7.19. The van der Waals surface area contributed by atoms with Crippen LogP contribution in [-0.4, -0.2) is 37.3 Å². The maximum absolute atomic E-state index is 12.4. The number of aromatic nitrogens is 1. The van der Waals surface area contributed by atoms with Crippen LogP contribution in [-0.2, 0) is 16.6 Å². The summed E-state index contributed by atoms with van der Waals surface area (Å²) in [4.78, 5) is 4.12. The van der Waals surface area contributed by atoms with Crippen molar-refractivity contribution in [2.75, 3.05) is 13.6 Å². The lowest BCUT2D eigenvalue weighted by molar-refractivity contribution is 0.249. The smallest absolute Gasteiger partial charge is 0.260 e. The van der Waals surface area contributed by atoms with E-state index in [1.165, 1.54) is 4.31 Å². The molecule has 112 valence electrons. The molecule has 1 aromatic heterocycles. The molecule has 1 aliphatic carbocycles. The van der Waals surface area contributed by atoms with Crippen LogP contribution in [0.3, 0.4) is 0 Å². The fourth-order valence-electron chi connectivity index (χ4n) is 2.17. The highest BCUT2D eigenvalue weighted by Gasteiger charge is 2.32. The number of hydrogen-bond acceptors (Lipinski definition) is 4. The van der Waals surface area contributed by atoms with E-state index in [2.05, 4.69) is 17.2 Å². The Kier molecular flexibility index (Phi) is 5.12. The van der Waals surface area contributed by atoms with Gasteiger partial charge in [0.2, 0.25) is 0 Å². The maximum atomic E-state index is 12.4. The van der Waals surface area contributed by atoms with E-state index in [0.29, 0.717) is 0 Å². The normalized spacial score (nSPS) is 16.4. The van der Waals surface area contributed by atoms with Gasteiger partial charge in [0, 0.05) is 25.8 Å². The molecule has 0 amide bonds. The van der Waals surface area contributed by atoms with Crippen molar-refractivity contribution in [3.8, 4) is 0 Å². The lowest BCUT2D eigenvalue weighted by atomic mass is 9.94. The Morgan fingerprint density at radius 2 is 2.15 bits per heavy atom. The third-order valence-electron chi connectivity index (χ3n) is 3.79. The van der Waals surface area contributed by atoms with Crippen LogP contribution >= 0.6 is 0 Å². The van der Waals surface area contributed by atoms with Gasteiger partial charge in [-0.3, -0.25) is 0 Å². The molecular weight excluding hydrogens is 274 g/mol. The zero-order chi connectivity index (χ0) is 14.6. The summed E-state index contributed by atoms with van der Waals surface area (Å²) in [5.74, 6) is 0. The summed E-state index contributed by atoms with van der Waals surface area (Å²) in [5, 5.41) is 3.41. The zero-order valence-corrected chi connectivity index (χ0v) is 13.0. The van der Waals surface area contributed by atoms with Gasteiger partial charge in [0.15, 0.2) is 5.03 Å². The maximum Gasteiger partial charge on any atom is 0.260 e. The van der Waals surface area contributed by atoms with Crippen molar-refractivity contribution in [3.63, 3.8) is 0 Å². The molecule has 0 aliphatic heterocycles. The van der Waals surface area contributed by atoms with Gasteiger partial charge in [-0.15, -0.1) is 0 Å². The van der Waals surface area contributed by atoms with Crippen LogP contribution in [0.1, 0.15) is 38.2 Å². The highest BCUT2D eigenvalue weighted by atomic mass is 32.2. The number of rotatable bonds is 7. The molecule has 0 atom stereocenters. The first-order valence-corrected chi connectivity index (χ1v) is 8.63. The van der Waals surface area contributed by atoms with Gasteiger partial charge in [-0.05, 0) is 37.4 Å². The molecule has 1 saturated carbocycles. The number of pyridine rings is 1. The van der Waals surface area contributed by atoms with E-state index in [9.17, 15) is 8.42 Å². The average Bonchev–Trinajstić information content (AvgIpc) is 2.37. The summed E-state index contributed by atoms with van der Waals surface area (Å²) in [6.45, 7) is 3.78. The predicted octanol–water partition coefficient (Wildman–Crippen LogP) is 1.75. The van der Waals surface area contributed by atoms with Crippen LogP contribution in [0.25, 0.3) is 0 Å². The van der Waals surface area contributed by atoms with Gasteiger partial charge >= 0.3 is 0 Å². The van der Waals surface area contributed by atoms with Gasteiger partial charge in [-0.1, -0.05) is 19.4 Å². The van der Waals surface area contributed by atoms with Gasteiger partial charge in [-0.2, -0.15) is 4.31 Å². The van der Waals surface area contributed by atoms with E-state index in [1.807, 2.05) is 6.07 Å². The standard InChI is InChI=1S/C14H23N3O2S/c1-3-9-15-10-12-7-8-14(16-11-12)20(18,19)17(2)13-5-4-6-13/h7-8,11,13,15H,3-6,9-10H2,1-2H3. The third-order valence-corrected chi connectivity index (χ3v) is 5.61. The number of nitrogens with zero attached hydrogens (tertiary/aromatic N) is 2. The summed E-state index contributed by atoms with van der Waals surface area (Å²) in [6.07, 6.45) is 5.74. The summed E-state index contributed by atoms with van der Waals surface area (Å²) >= 11 is 0. The number of hydrogen-bond donors (Lipinski definition) is 1. The van der Waals surface area contributed by atoms with Gasteiger partial charge < -0.3 is 5.32 Å². The van der Waals surface area contributed by atoms with Crippen molar-refractivity contribution in [1.82, 2.24) is 14.6 Å². The Labute approximate surface area is 121 Å². The molecular formula is C14H23N3O2S. The molecule has 1 aromatic rings. The minimum absolute atomic E-state index is 0.145. The van der Waals surface area contributed by atoms with Crippen molar-refractivity contribution in [3.05, 3.63) is 23.9 Å². The summed E-state index contributed by atoms with van der Waals surface area (Å²) in [5.41, 5.74) is 1.00. The first-order chi connectivity index (χ1) is 9.55. The first kappa shape index (κ1) is 15.4. The quantitative estimate of drug-likeness (QED) is 0.779. The van der Waals surface area contributed by atoms with Gasteiger partial charge in [0.25, 0.3) is 10.0 Å². The van der Waals surface area contributed by atoms with E-state index in [0.717, 1.165) is 44.3 Å². The zero-order valence-electron chi connectivity index (χ0n) is 12.2. The predicted molar refractivity (Wildman–Crippen MR) is 78.8 cm³/mol. The molecule has 0 bridgehead atoms. The van der Waals surface area contributed by atoms with Crippen LogP contribution < -0.4 is 5.32 Å². The molecule has 1 heterocycles. The molecule has 0 spiro atoms. The second-order valence-corrected chi connectivity index (χ2v) is 7.23. The van der Waals surface area contributed by atoms with Crippen LogP contribution in [0.4, 0.5) is 0 Å². The van der Waals surface area contributed by atoms with Crippen LogP contribution in [0, 0.1) is 0 Å². The molecule has 5 nitrogen and oxygen atoms in total. The van der Waals surface area contributed by atoms with Crippen molar-refractivity contribution in [2.45, 2.75) is 50.2 Å². The second kappa shape index (κ2) is 6.65. The molecule has 0 unspecified atom stereocenters. The minimum Gasteiger partial charge on any atom is -0.313 e. The number of sulfonamides is 1. The minimum atomic E-state index is -3.44. The van der Waals surface area contributed by atoms with Crippen molar-refractivity contribution < 1.29 is 8.42 Å².